The summed E-state index contributed by atoms with van der Waals surface area (Å²) >= 11 is 0. The van der Waals surface area contributed by atoms with Gasteiger partial charge in [-0.1, -0.05) is 6.07 Å². The lowest BCUT2D eigenvalue weighted by Gasteiger charge is -2.06. The quantitative estimate of drug-likeness (QED) is 0.671. The first-order chi connectivity index (χ1) is 13.7. The van der Waals surface area contributed by atoms with Crippen LogP contribution >= 0.6 is 0 Å². The molecule has 2 heterocycles. The number of aromatic nitrogens is 2. The van der Waals surface area contributed by atoms with Gasteiger partial charge in [0.05, 0.1) is 27.2 Å². The van der Waals surface area contributed by atoms with Gasteiger partial charge in [0.1, 0.15) is 17.7 Å². The van der Waals surface area contributed by atoms with E-state index in [1.165, 1.54) is 5.82 Å². The standard InChI is InChI=1S/C22H23N3O3/c1-27-18-10-8-16(9-11-18)20-14-24(22-7-4-12-25(20)22)15-21(26)23-17-5-3-6-19(13-17)28-2/h3,5-6,8-11,13-14H,4,7,12,15H2,1-2H3/p+1. The molecule has 6 nitrogen and oxygen atoms in total. The minimum Gasteiger partial charge on any atom is -0.497 e. The predicted molar refractivity (Wildman–Crippen MR) is 107 cm³/mol. The zero-order chi connectivity index (χ0) is 19.5. The van der Waals surface area contributed by atoms with Crippen LogP contribution in [0.15, 0.2) is 54.7 Å². The Bertz CT molecular complexity index is 993. The monoisotopic (exact) mass is 378 g/mol. The summed E-state index contributed by atoms with van der Waals surface area (Å²) in [7, 11) is 3.28. The van der Waals surface area contributed by atoms with E-state index in [2.05, 4.69) is 32.8 Å². The number of hydrogen-bond donors (Lipinski definition) is 1. The Morgan fingerprint density at radius 3 is 2.64 bits per heavy atom. The molecule has 2 aromatic carbocycles. The first-order valence-electron chi connectivity index (χ1n) is 9.38. The van der Waals surface area contributed by atoms with Crippen LogP contribution < -0.4 is 19.4 Å². The van der Waals surface area contributed by atoms with Crippen LogP contribution in [0.2, 0.25) is 0 Å². The minimum atomic E-state index is -0.0557. The van der Waals surface area contributed by atoms with Crippen LogP contribution in [0.3, 0.4) is 0 Å². The molecule has 1 aliphatic rings. The van der Waals surface area contributed by atoms with Crippen LogP contribution in [0, 0.1) is 0 Å². The second-order valence-corrected chi connectivity index (χ2v) is 6.82. The molecule has 0 spiro atoms. The summed E-state index contributed by atoms with van der Waals surface area (Å²) < 4.78 is 14.8. The first kappa shape index (κ1) is 18.1. The number of imidazole rings is 1. The number of ether oxygens (including phenoxy) is 2. The molecule has 1 aromatic heterocycles. The Hall–Kier alpha value is -3.28. The Morgan fingerprint density at radius 1 is 1.11 bits per heavy atom. The smallest absolute Gasteiger partial charge is 0.266 e. The number of anilines is 1. The highest BCUT2D eigenvalue weighted by molar-refractivity contribution is 5.89. The van der Waals surface area contributed by atoms with Crippen LogP contribution in [-0.4, -0.2) is 24.7 Å². The molecule has 0 saturated heterocycles. The van der Waals surface area contributed by atoms with Crippen molar-refractivity contribution in [2.75, 3.05) is 19.5 Å². The number of methoxy groups -OCH3 is 2. The summed E-state index contributed by atoms with van der Waals surface area (Å²) in [5, 5.41) is 2.95. The van der Waals surface area contributed by atoms with E-state index in [9.17, 15) is 4.79 Å². The fraction of sp³-hybridized carbons (Fsp3) is 0.273. The zero-order valence-corrected chi connectivity index (χ0v) is 16.1. The predicted octanol–water partition coefficient (Wildman–Crippen LogP) is 3.04. The molecule has 3 aromatic rings. The lowest BCUT2D eigenvalue weighted by molar-refractivity contribution is -0.690. The SMILES string of the molecule is COc1ccc(-c2c[n+](CC(=O)Nc3cccc(OC)c3)c3n2CCC3)cc1. The number of hydrogen-bond acceptors (Lipinski definition) is 3. The molecular weight excluding hydrogens is 354 g/mol. The number of benzene rings is 2. The number of amides is 1. The highest BCUT2D eigenvalue weighted by Crippen LogP contribution is 2.26. The third-order valence-corrected chi connectivity index (χ3v) is 5.05. The second-order valence-electron chi connectivity index (χ2n) is 6.82. The maximum atomic E-state index is 12.6. The average Bonchev–Trinajstić information content (AvgIpc) is 3.32. The molecule has 1 N–H and O–H groups in total. The lowest BCUT2D eigenvalue weighted by atomic mass is 10.1. The van der Waals surface area contributed by atoms with Crippen molar-refractivity contribution in [1.82, 2.24) is 4.57 Å². The fourth-order valence-electron chi connectivity index (χ4n) is 3.69. The topological polar surface area (TPSA) is 56.4 Å². The molecule has 0 unspecified atom stereocenters. The third kappa shape index (κ3) is 3.58. The summed E-state index contributed by atoms with van der Waals surface area (Å²) in [6, 6.07) is 15.4. The lowest BCUT2D eigenvalue weighted by Crippen LogP contribution is -2.42. The Labute approximate surface area is 164 Å². The summed E-state index contributed by atoms with van der Waals surface area (Å²) in [4.78, 5) is 12.6. The van der Waals surface area contributed by atoms with Crippen molar-refractivity contribution in [3.8, 4) is 22.8 Å². The maximum Gasteiger partial charge on any atom is 0.266 e. The van der Waals surface area contributed by atoms with Crippen LogP contribution in [0.4, 0.5) is 5.69 Å². The van der Waals surface area contributed by atoms with Gasteiger partial charge in [-0.05, 0) is 42.8 Å². The molecule has 6 heteroatoms. The van der Waals surface area contributed by atoms with E-state index in [0.29, 0.717) is 0 Å². The van der Waals surface area contributed by atoms with Crippen molar-refractivity contribution < 1.29 is 18.8 Å². The summed E-state index contributed by atoms with van der Waals surface area (Å²) in [5.41, 5.74) is 2.98. The van der Waals surface area contributed by atoms with Crippen molar-refractivity contribution in [2.45, 2.75) is 25.9 Å². The van der Waals surface area contributed by atoms with Crippen molar-refractivity contribution >= 4 is 11.6 Å². The van der Waals surface area contributed by atoms with Gasteiger partial charge in [0.15, 0.2) is 12.2 Å². The molecule has 0 aliphatic carbocycles. The molecule has 0 saturated carbocycles. The largest absolute Gasteiger partial charge is 0.497 e. The highest BCUT2D eigenvalue weighted by atomic mass is 16.5. The summed E-state index contributed by atoms with van der Waals surface area (Å²) in [6.07, 6.45) is 4.14. The molecule has 28 heavy (non-hydrogen) atoms. The van der Waals surface area contributed by atoms with Crippen molar-refractivity contribution in [2.24, 2.45) is 0 Å². The number of fused-ring (bicyclic) bond motifs is 1. The fourth-order valence-corrected chi connectivity index (χ4v) is 3.69. The van der Waals surface area contributed by atoms with Crippen LogP contribution in [0.5, 0.6) is 11.5 Å². The zero-order valence-electron chi connectivity index (χ0n) is 16.1. The van der Waals surface area contributed by atoms with Gasteiger partial charge in [-0.2, -0.15) is 0 Å². The van der Waals surface area contributed by atoms with Gasteiger partial charge >= 0.3 is 0 Å². The van der Waals surface area contributed by atoms with Crippen molar-refractivity contribution in [3.63, 3.8) is 0 Å². The molecule has 144 valence electrons. The van der Waals surface area contributed by atoms with Crippen molar-refractivity contribution in [3.05, 3.63) is 60.6 Å². The van der Waals surface area contributed by atoms with E-state index < -0.39 is 0 Å². The first-order valence-corrected chi connectivity index (χ1v) is 9.38. The van der Waals surface area contributed by atoms with Gasteiger partial charge in [0.2, 0.25) is 0 Å². The molecule has 0 atom stereocenters. The minimum absolute atomic E-state index is 0.0557. The molecule has 0 fully saturated rings. The number of nitrogens with zero attached hydrogens (tertiary/aromatic N) is 2. The Balaban J connectivity index is 1.55. The highest BCUT2D eigenvalue weighted by Gasteiger charge is 2.29. The summed E-state index contributed by atoms with van der Waals surface area (Å²) in [5.74, 6) is 2.69. The molecule has 0 radical (unpaired) electrons. The van der Waals surface area contributed by atoms with E-state index in [-0.39, 0.29) is 12.5 Å². The van der Waals surface area contributed by atoms with E-state index in [1.807, 2.05) is 36.4 Å². The molecular formula is C22H24N3O3+. The van der Waals surface area contributed by atoms with Crippen LogP contribution in [0.1, 0.15) is 12.2 Å². The van der Waals surface area contributed by atoms with E-state index in [0.717, 1.165) is 47.8 Å². The normalized spacial score (nSPS) is 12.5. The number of carbonyl (C=O) groups is 1. The maximum absolute atomic E-state index is 12.6. The molecule has 0 bridgehead atoms. The van der Waals surface area contributed by atoms with E-state index in [1.54, 1.807) is 14.2 Å². The van der Waals surface area contributed by atoms with Gasteiger partial charge in [0, 0.05) is 17.3 Å². The molecule has 1 amide bonds. The molecule has 4 rings (SSSR count). The van der Waals surface area contributed by atoms with Crippen LogP contribution in [-0.2, 0) is 24.3 Å². The van der Waals surface area contributed by atoms with Crippen LogP contribution in [0.25, 0.3) is 11.3 Å². The second kappa shape index (κ2) is 7.76. The van der Waals surface area contributed by atoms with Gasteiger partial charge < -0.3 is 14.8 Å². The van der Waals surface area contributed by atoms with E-state index >= 15 is 0 Å². The van der Waals surface area contributed by atoms with Crippen molar-refractivity contribution in [1.29, 1.82) is 0 Å². The summed E-state index contributed by atoms with van der Waals surface area (Å²) in [6.45, 7) is 1.25. The number of rotatable bonds is 6. The van der Waals surface area contributed by atoms with Gasteiger partial charge in [-0.15, -0.1) is 0 Å². The Kier molecular flexibility index (Phi) is 5.02. The molecule has 1 aliphatic heterocycles. The van der Waals surface area contributed by atoms with Gasteiger partial charge in [0.25, 0.3) is 11.7 Å². The van der Waals surface area contributed by atoms with Gasteiger partial charge in [-0.25, -0.2) is 9.13 Å². The average molecular weight is 378 g/mol. The third-order valence-electron chi connectivity index (χ3n) is 5.05. The number of nitrogens with one attached hydrogen (secondary N) is 1. The van der Waals surface area contributed by atoms with Gasteiger partial charge in [-0.3, -0.25) is 4.79 Å². The van der Waals surface area contributed by atoms with E-state index in [4.69, 9.17) is 9.47 Å². The Morgan fingerprint density at radius 2 is 1.89 bits per heavy atom. The number of carbonyl (C=O) groups excluding carboxylic acids is 1.